The molecule has 2 aromatic carbocycles. The minimum absolute atomic E-state index is 0.0627. The second-order valence-electron chi connectivity index (χ2n) is 3.86. The molecule has 1 amide bonds. The highest BCUT2D eigenvalue weighted by Crippen LogP contribution is 2.31. The fourth-order valence-corrected chi connectivity index (χ4v) is 2.03. The fourth-order valence-electron chi connectivity index (χ4n) is 1.56. The number of nitro groups is 1. The molecule has 108 valence electrons. The van der Waals surface area contributed by atoms with Gasteiger partial charge >= 0.3 is 0 Å². The molecular formula is C13H8Cl2N2O4. The van der Waals surface area contributed by atoms with Crippen molar-refractivity contribution in [3.63, 3.8) is 0 Å². The number of rotatable bonds is 4. The van der Waals surface area contributed by atoms with Crippen LogP contribution in [0.5, 0.6) is 5.75 Å². The van der Waals surface area contributed by atoms with Crippen LogP contribution in [0.1, 0.15) is 10.4 Å². The van der Waals surface area contributed by atoms with E-state index in [0.717, 1.165) is 0 Å². The Bertz CT molecular complexity index is 686. The van der Waals surface area contributed by atoms with Gasteiger partial charge in [-0.1, -0.05) is 41.4 Å². The van der Waals surface area contributed by atoms with Crippen LogP contribution in [0.25, 0.3) is 0 Å². The van der Waals surface area contributed by atoms with Gasteiger partial charge in [-0.2, -0.15) is 5.48 Å². The molecule has 1 N–H and O–H groups in total. The topological polar surface area (TPSA) is 81.5 Å². The number of carbonyl (C=O) groups is 1. The molecule has 6 nitrogen and oxygen atoms in total. The number of nitrogens with zero attached hydrogens (tertiary/aromatic N) is 1. The quantitative estimate of drug-likeness (QED) is 0.687. The van der Waals surface area contributed by atoms with E-state index >= 15 is 0 Å². The van der Waals surface area contributed by atoms with Crippen LogP contribution >= 0.6 is 23.2 Å². The predicted octanol–water partition coefficient (Wildman–Crippen LogP) is 3.63. The van der Waals surface area contributed by atoms with Gasteiger partial charge in [0.15, 0.2) is 5.75 Å². The van der Waals surface area contributed by atoms with Crippen molar-refractivity contribution in [1.29, 1.82) is 0 Å². The average molecular weight is 327 g/mol. The van der Waals surface area contributed by atoms with Gasteiger partial charge in [-0.25, -0.2) is 0 Å². The SMILES string of the molecule is O=C(NOc1c(Cl)cccc1Cl)c1ccccc1[N+](=O)[O-]. The fraction of sp³-hybridized carbons (Fsp3) is 0. The maximum atomic E-state index is 11.9. The van der Waals surface area contributed by atoms with Crippen molar-refractivity contribution < 1.29 is 14.6 Å². The summed E-state index contributed by atoms with van der Waals surface area (Å²) in [5, 5.41) is 11.3. The smallest absolute Gasteiger partial charge is 0.290 e. The van der Waals surface area contributed by atoms with Crippen LogP contribution in [0.4, 0.5) is 5.69 Å². The third kappa shape index (κ3) is 3.42. The van der Waals surface area contributed by atoms with Crippen molar-refractivity contribution in [2.75, 3.05) is 0 Å². The molecule has 0 unspecified atom stereocenters. The first-order chi connectivity index (χ1) is 10.0. The molecule has 0 radical (unpaired) electrons. The lowest BCUT2D eigenvalue weighted by atomic mass is 10.2. The molecule has 0 spiro atoms. The van der Waals surface area contributed by atoms with Gasteiger partial charge in [-0.05, 0) is 18.2 Å². The maximum absolute atomic E-state index is 11.9. The second-order valence-corrected chi connectivity index (χ2v) is 4.67. The third-order valence-corrected chi connectivity index (χ3v) is 3.11. The summed E-state index contributed by atoms with van der Waals surface area (Å²) in [5.41, 5.74) is 1.62. The van der Waals surface area contributed by atoms with E-state index in [4.69, 9.17) is 28.0 Å². The van der Waals surface area contributed by atoms with Crippen LogP contribution in [0, 0.1) is 10.1 Å². The minimum Gasteiger partial charge on any atom is -0.376 e. The lowest BCUT2D eigenvalue weighted by Gasteiger charge is -2.09. The molecule has 0 aromatic heterocycles. The Labute approximate surface area is 129 Å². The van der Waals surface area contributed by atoms with Gasteiger partial charge in [0, 0.05) is 6.07 Å². The Morgan fingerprint density at radius 2 is 1.71 bits per heavy atom. The largest absolute Gasteiger partial charge is 0.376 e. The molecule has 0 bridgehead atoms. The zero-order valence-electron chi connectivity index (χ0n) is 10.4. The molecule has 0 saturated carbocycles. The van der Waals surface area contributed by atoms with Crippen molar-refractivity contribution in [1.82, 2.24) is 5.48 Å². The Hall–Kier alpha value is -2.31. The summed E-state index contributed by atoms with van der Waals surface area (Å²) in [6.45, 7) is 0. The van der Waals surface area contributed by atoms with Crippen LogP contribution in [0.15, 0.2) is 42.5 Å². The summed E-state index contributed by atoms with van der Waals surface area (Å²) in [6, 6.07) is 10.2. The predicted molar refractivity (Wildman–Crippen MR) is 77.7 cm³/mol. The van der Waals surface area contributed by atoms with Gasteiger partial charge < -0.3 is 4.84 Å². The zero-order chi connectivity index (χ0) is 15.4. The van der Waals surface area contributed by atoms with Crippen molar-refractivity contribution >= 4 is 34.8 Å². The summed E-state index contributed by atoms with van der Waals surface area (Å²) in [4.78, 5) is 27.2. The van der Waals surface area contributed by atoms with Gasteiger partial charge in [0.2, 0.25) is 0 Å². The monoisotopic (exact) mass is 326 g/mol. The lowest BCUT2D eigenvalue weighted by molar-refractivity contribution is -0.385. The molecule has 0 aliphatic heterocycles. The van der Waals surface area contributed by atoms with E-state index in [0.29, 0.717) is 0 Å². The molecule has 0 saturated heterocycles. The third-order valence-electron chi connectivity index (χ3n) is 2.51. The number of hydroxylamine groups is 1. The van der Waals surface area contributed by atoms with Gasteiger partial charge in [-0.15, -0.1) is 0 Å². The molecule has 8 heteroatoms. The molecule has 21 heavy (non-hydrogen) atoms. The number of nitro benzene ring substituents is 1. The van der Waals surface area contributed by atoms with Crippen molar-refractivity contribution in [2.45, 2.75) is 0 Å². The summed E-state index contributed by atoms with van der Waals surface area (Å²) >= 11 is 11.7. The Balaban J connectivity index is 2.18. The van der Waals surface area contributed by atoms with Crippen LogP contribution in [-0.4, -0.2) is 10.8 Å². The van der Waals surface area contributed by atoms with Crippen LogP contribution < -0.4 is 10.3 Å². The van der Waals surface area contributed by atoms with E-state index in [1.54, 1.807) is 6.07 Å². The number of para-hydroxylation sites is 2. The van der Waals surface area contributed by atoms with Crippen molar-refractivity contribution in [2.24, 2.45) is 0 Å². The number of hydrogen-bond acceptors (Lipinski definition) is 4. The molecule has 2 aromatic rings. The molecular weight excluding hydrogens is 319 g/mol. The van der Waals surface area contributed by atoms with Gasteiger partial charge in [-0.3, -0.25) is 14.9 Å². The zero-order valence-corrected chi connectivity index (χ0v) is 11.9. The first-order valence-electron chi connectivity index (χ1n) is 5.65. The number of amides is 1. The highest BCUT2D eigenvalue weighted by molar-refractivity contribution is 6.37. The van der Waals surface area contributed by atoms with Gasteiger partial charge in [0.25, 0.3) is 11.6 Å². The second kappa shape index (κ2) is 6.43. The Morgan fingerprint density at radius 3 is 2.33 bits per heavy atom. The number of nitrogens with one attached hydrogen (secondary N) is 1. The minimum atomic E-state index is -0.779. The number of carbonyl (C=O) groups excluding carboxylic acids is 1. The molecule has 0 aliphatic carbocycles. The standard InChI is InChI=1S/C13H8Cl2N2O4/c14-9-5-3-6-10(15)12(9)21-16-13(18)8-4-1-2-7-11(8)17(19)20/h1-7H,(H,16,18). The summed E-state index contributed by atoms with van der Waals surface area (Å²) in [6.07, 6.45) is 0. The molecule has 0 aliphatic rings. The van der Waals surface area contributed by atoms with Crippen LogP contribution in [0.2, 0.25) is 10.0 Å². The molecule has 2 rings (SSSR count). The van der Waals surface area contributed by atoms with E-state index < -0.39 is 10.8 Å². The highest BCUT2D eigenvalue weighted by atomic mass is 35.5. The Morgan fingerprint density at radius 1 is 1.10 bits per heavy atom. The van der Waals surface area contributed by atoms with Crippen molar-refractivity contribution in [3.05, 3.63) is 68.2 Å². The number of benzene rings is 2. The van der Waals surface area contributed by atoms with E-state index in [9.17, 15) is 14.9 Å². The first-order valence-corrected chi connectivity index (χ1v) is 6.41. The van der Waals surface area contributed by atoms with Gasteiger partial charge in [0.1, 0.15) is 5.56 Å². The summed E-state index contributed by atoms with van der Waals surface area (Å²) < 4.78 is 0. The average Bonchev–Trinajstić information content (AvgIpc) is 2.46. The summed E-state index contributed by atoms with van der Waals surface area (Å²) in [7, 11) is 0. The first kappa shape index (κ1) is 15.1. The van der Waals surface area contributed by atoms with Crippen molar-refractivity contribution in [3.8, 4) is 5.75 Å². The highest BCUT2D eigenvalue weighted by Gasteiger charge is 2.20. The molecule has 0 fully saturated rings. The van der Waals surface area contributed by atoms with E-state index in [1.807, 2.05) is 0 Å². The maximum Gasteiger partial charge on any atom is 0.290 e. The van der Waals surface area contributed by atoms with Crippen LogP contribution in [-0.2, 0) is 0 Å². The number of hydrogen-bond donors (Lipinski definition) is 1. The Kier molecular flexibility index (Phi) is 4.62. The normalized spacial score (nSPS) is 10.0. The molecule has 0 atom stereocenters. The molecule has 0 heterocycles. The van der Waals surface area contributed by atoms with E-state index in [1.165, 1.54) is 36.4 Å². The van der Waals surface area contributed by atoms with E-state index in [-0.39, 0.29) is 27.0 Å². The van der Waals surface area contributed by atoms with E-state index in [2.05, 4.69) is 5.48 Å². The van der Waals surface area contributed by atoms with Crippen LogP contribution in [0.3, 0.4) is 0 Å². The van der Waals surface area contributed by atoms with Gasteiger partial charge in [0.05, 0.1) is 15.0 Å². The summed E-state index contributed by atoms with van der Waals surface area (Å²) in [5.74, 6) is -0.717. The lowest BCUT2D eigenvalue weighted by Crippen LogP contribution is -2.27. The number of halogens is 2.